The van der Waals surface area contributed by atoms with E-state index in [1.54, 1.807) is 27.7 Å². The van der Waals surface area contributed by atoms with Crippen LogP contribution in [0.15, 0.2) is 70.5 Å². The summed E-state index contributed by atoms with van der Waals surface area (Å²) in [5.74, 6) is -1.92. The summed E-state index contributed by atoms with van der Waals surface area (Å²) in [7, 11) is -7.72. The number of ether oxygens (including phenoxy) is 2. The number of sulfonamides is 2. The Kier molecular flexibility index (Phi) is 11.2. The number of carbonyl (C=O) groups excluding carboxylic acids is 2. The number of esters is 2. The van der Waals surface area contributed by atoms with Gasteiger partial charge in [0.15, 0.2) is 0 Å². The molecule has 0 fully saturated rings. The zero-order valence-corrected chi connectivity index (χ0v) is 26.5. The molecule has 0 bridgehead atoms. The van der Waals surface area contributed by atoms with Crippen molar-refractivity contribution >= 4 is 55.2 Å². The van der Waals surface area contributed by atoms with Gasteiger partial charge in [-0.15, -0.1) is 0 Å². The number of halogens is 2. The third kappa shape index (κ3) is 7.31. The molecular weight excluding hydrogens is 627 g/mol. The molecule has 3 rings (SSSR count). The summed E-state index contributed by atoms with van der Waals surface area (Å²) in [5.41, 5.74) is -0.351. The SMILES string of the molecule is CCN(CC)S(=O)(=O)c1ccc(Cl)c(C(=O)Oc2cccc(OC(=O)c3cc(S(=O)(=O)N(CC)CC)ccc3Cl)c2)c1. The highest BCUT2D eigenvalue weighted by molar-refractivity contribution is 7.89. The van der Waals surface area contributed by atoms with E-state index in [0.29, 0.717) is 0 Å². The van der Waals surface area contributed by atoms with Crippen molar-refractivity contribution in [3.63, 3.8) is 0 Å². The first kappa shape index (κ1) is 33.5. The minimum Gasteiger partial charge on any atom is -0.423 e. The number of hydrogen-bond donors (Lipinski definition) is 0. The van der Waals surface area contributed by atoms with Gasteiger partial charge in [0.1, 0.15) is 11.5 Å². The molecule has 0 atom stereocenters. The van der Waals surface area contributed by atoms with E-state index in [9.17, 15) is 26.4 Å². The quantitative estimate of drug-likeness (QED) is 0.185. The Bertz CT molecular complexity index is 1570. The van der Waals surface area contributed by atoms with Crippen molar-refractivity contribution in [2.45, 2.75) is 37.5 Å². The lowest BCUT2D eigenvalue weighted by atomic mass is 10.2. The smallest absolute Gasteiger partial charge is 0.345 e. The highest BCUT2D eigenvalue weighted by Crippen LogP contribution is 2.28. The predicted molar refractivity (Wildman–Crippen MR) is 159 cm³/mol. The lowest BCUT2D eigenvalue weighted by Crippen LogP contribution is -2.30. The monoisotopic (exact) mass is 656 g/mol. The lowest BCUT2D eigenvalue weighted by Gasteiger charge is -2.19. The second kappa shape index (κ2) is 14.0. The molecule has 0 heterocycles. The molecule has 226 valence electrons. The summed E-state index contributed by atoms with van der Waals surface area (Å²) >= 11 is 12.4. The standard InChI is InChI=1S/C28H30Cl2N2O8S2/c1-5-31(6-2)41(35,36)21-12-14-25(29)23(17-21)27(33)39-19-10-9-11-20(16-19)40-28(34)24-18-22(13-15-26(24)30)42(37,38)32(7-3)8-4/h9-18H,5-8H2,1-4H3. The maximum atomic E-state index is 13.0. The predicted octanol–water partition coefficient (Wildman–Crippen LogP) is 5.49. The van der Waals surface area contributed by atoms with Gasteiger partial charge in [-0.05, 0) is 48.5 Å². The van der Waals surface area contributed by atoms with Crippen LogP contribution in [0, 0.1) is 0 Å². The summed E-state index contributed by atoms with van der Waals surface area (Å²) in [4.78, 5) is 25.7. The normalized spacial score (nSPS) is 12.0. The first-order chi connectivity index (χ1) is 19.8. The molecule has 0 aromatic heterocycles. The summed E-state index contributed by atoms with van der Waals surface area (Å²) in [6.07, 6.45) is 0. The van der Waals surface area contributed by atoms with Crippen molar-refractivity contribution in [2.24, 2.45) is 0 Å². The van der Waals surface area contributed by atoms with E-state index in [1.165, 1.54) is 57.1 Å². The first-order valence-electron chi connectivity index (χ1n) is 12.9. The minimum absolute atomic E-state index is 0.0183. The van der Waals surface area contributed by atoms with Crippen LogP contribution in [0.3, 0.4) is 0 Å². The van der Waals surface area contributed by atoms with Crippen LogP contribution in [0.5, 0.6) is 11.5 Å². The molecule has 0 radical (unpaired) electrons. The van der Waals surface area contributed by atoms with E-state index in [-0.39, 0.29) is 68.6 Å². The Balaban J connectivity index is 1.84. The molecule has 3 aromatic rings. The number of nitrogens with zero attached hydrogens (tertiary/aromatic N) is 2. The zero-order valence-electron chi connectivity index (χ0n) is 23.3. The molecule has 0 saturated heterocycles. The fourth-order valence-corrected chi connectivity index (χ4v) is 7.35. The molecule has 0 spiro atoms. The van der Waals surface area contributed by atoms with Crippen molar-refractivity contribution in [1.29, 1.82) is 0 Å². The van der Waals surface area contributed by atoms with Crippen molar-refractivity contribution in [3.05, 3.63) is 81.8 Å². The van der Waals surface area contributed by atoms with Gasteiger partial charge in [-0.2, -0.15) is 8.61 Å². The van der Waals surface area contributed by atoms with E-state index < -0.39 is 32.0 Å². The van der Waals surface area contributed by atoms with Crippen molar-refractivity contribution < 1.29 is 35.9 Å². The Morgan fingerprint density at radius 2 is 0.976 bits per heavy atom. The van der Waals surface area contributed by atoms with Gasteiger partial charge >= 0.3 is 11.9 Å². The molecule has 0 aliphatic heterocycles. The van der Waals surface area contributed by atoms with Crippen LogP contribution in [0.4, 0.5) is 0 Å². The maximum absolute atomic E-state index is 13.0. The third-order valence-corrected chi connectivity index (χ3v) is 11.0. The van der Waals surface area contributed by atoms with Gasteiger partial charge in [-0.25, -0.2) is 26.4 Å². The largest absolute Gasteiger partial charge is 0.423 e. The van der Waals surface area contributed by atoms with Gasteiger partial charge in [-0.1, -0.05) is 57.0 Å². The van der Waals surface area contributed by atoms with E-state index in [1.807, 2.05) is 0 Å². The number of rotatable bonds is 12. The molecule has 14 heteroatoms. The molecule has 0 aliphatic carbocycles. The molecule has 3 aromatic carbocycles. The van der Waals surface area contributed by atoms with Crippen LogP contribution in [0.25, 0.3) is 0 Å². The fourth-order valence-electron chi connectivity index (χ4n) is 3.99. The van der Waals surface area contributed by atoms with Crippen LogP contribution < -0.4 is 9.47 Å². The van der Waals surface area contributed by atoms with Crippen molar-refractivity contribution in [3.8, 4) is 11.5 Å². The van der Waals surface area contributed by atoms with Gasteiger partial charge in [0.05, 0.1) is 31.0 Å². The minimum atomic E-state index is -3.86. The van der Waals surface area contributed by atoms with Crippen molar-refractivity contribution in [2.75, 3.05) is 26.2 Å². The second-order valence-electron chi connectivity index (χ2n) is 8.72. The van der Waals surface area contributed by atoms with Gasteiger partial charge in [0.25, 0.3) is 0 Å². The molecule has 0 unspecified atom stereocenters. The molecule has 0 N–H and O–H groups in total. The molecule has 0 aliphatic rings. The average Bonchev–Trinajstić information content (AvgIpc) is 2.94. The Morgan fingerprint density at radius 3 is 1.31 bits per heavy atom. The van der Waals surface area contributed by atoms with Gasteiger partial charge < -0.3 is 9.47 Å². The molecule has 0 saturated carbocycles. The zero-order chi connectivity index (χ0) is 31.2. The lowest BCUT2D eigenvalue weighted by molar-refractivity contribution is 0.0733. The topological polar surface area (TPSA) is 127 Å². The summed E-state index contributed by atoms with van der Waals surface area (Å²) < 4.78 is 64.9. The van der Waals surface area contributed by atoms with E-state index >= 15 is 0 Å². The van der Waals surface area contributed by atoms with Crippen molar-refractivity contribution in [1.82, 2.24) is 8.61 Å². The average molecular weight is 658 g/mol. The Hall–Kier alpha value is -3.00. The number of benzene rings is 3. The summed E-state index contributed by atoms with van der Waals surface area (Å²) in [5, 5.41) is -0.0365. The molecular formula is C28H30Cl2N2O8S2. The highest BCUT2D eigenvalue weighted by atomic mass is 35.5. The second-order valence-corrected chi connectivity index (χ2v) is 13.4. The maximum Gasteiger partial charge on any atom is 0.345 e. The van der Waals surface area contributed by atoms with Crippen LogP contribution in [0.1, 0.15) is 48.4 Å². The molecule has 10 nitrogen and oxygen atoms in total. The first-order valence-corrected chi connectivity index (χ1v) is 16.6. The molecule has 42 heavy (non-hydrogen) atoms. The van der Waals surface area contributed by atoms with E-state index in [2.05, 4.69) is 0 Å². The van der Waals surface area contributed by atoms with Crippen LogP contribution in [-0.2, 0) is 20.0 Å². The fraction of sp³-hybridized carbons (Fsp3) is 0.286. The third-order valence-electron chi connectivity index (χ3n) is 6.23. The molecule has 0 amide bonds. The van der Waals surface area contributed by atoms with Crippen LogP contribution in [-0.4, -0.2) is 63.6 Å². The van der Waals surface area contributed by atoms with Crippen LogP contribution >= 0.6 is 23.2 Å². The van der Waals surface area contributed by atoms with Gasteiger partial charge in [0, 0.05) is 32.2 Å². The number of carbonyl (C=O) groups is 2. The van der Waals surface area contributed by atoms with Gasteiger partial charge in [-0.3, -0.25) is 0 Å². The number of hydrogen-bond acceptors (Lipinski definition) is 8. The van der Waals surface area contributed by atoms with E-state index in [0.717, 1.165) is 12.1 Å². The Morgan fingerprint density at radius 1 is 0.619 bits per heavy atom. The Labute approximate surface area is 255 Å². The van der Waals surface area contributed by atoms with E-state index in [4.69, 9.17) is 32.7 Å². The van der Waals surface area contributed by atoms with Crippen LogP contribution in [0.2, 0.25) is 10.0 Å². The highest BCUT2D eigenvalue weighted by Gasteiger charge is 2.26. The summed E-state index contributed by atoms with van der Waals surface area (Å²) in [6, 6.07) is 13.0. The van der Waals surface area contributed by atoms with Gasteiger partial charge in [0.2, 0.25) is 20.0 Å². The summed E-state index contributed by atoms with van der Waals surface area (Å²) in [6.45, 7) is 7.77.